The molecule has 0 bridgehead atoms. The maximum absolute atomic E-state index is 12.7. The van der Waals surface area contributed by atoms with Crippen LogP contribution in [-0.4, -0.2) is 31.7 Å². The molecule has 1 heterocycles. The predicted molar refractivity (Wildman–Crippen MR) is 92.7 cm³/mol. The van der Waals surface area contributed by atoms with E-state index in [9.17, 15) is 13.2 Å². The topological polar surface area (TPSA) is 79.6 Å². The number of aryl methyl sites for hydroxylation is 1. The number of nitrogens with zero attached hydrogens (tertiary/aromatic N) is 1. The SMILES string of the molecule is CCN(CC)S(=O)(=O)c1cc(C)c(C)c(NC(=O)c2ccoc2)c1. The van der Waals surface area contributed by atoms with Crippen molar-refractivity contribution in [2.45, 2.75) is 32.6 Å². The van der Waals surface area contributed by atoms with Gasteiger partial charge < -0.3 is 9.73 Å². The van der Waals surface area contributed by atoms with Gasteiger partial charge in [-0.15, -0.1) is 0 Å². The highest BCUT2D eigenvalue weighted by molar-refractivity contribution is 7.89. The van der Waals surface area contributed by atoms with E-state index in [0.717, 1.165) is 11.1 Å². The molecule has 0 fully saturated rings. The van der Waals surface area contributed by atoms with Crippen LogP contribution in [0.15, 0.2) is 40.0 Å². The molecule has 1 aromatic carbocycles. The second-order valence-electron chi connectivity index (χ2n) is 5.47. The lowest BCUT2D eigenvalue weighted by Gasteiger charge is -2.20. The molecular formula is C17H22N2O4S. The second-order valence-corrected chi connectivity index (χ2v) is 7.41. The van der Waals surface area contributed by atoms with Crippen molar-refractivity contribution >= 4 is 21.6 Å². The van der Waals surface area contributed by atoms with Crippen LogP contribution in [0.4, 0.5) is 5.69 Å². The van der Waals surface area contributed by atoms with Gasteiger partial charge in [-0.1, -0.05) is 13.8 Å². The van der Waals surface area contributed by atoms with Crippen LogP contribution < -0.4 is 5.32 Å². The third-order valence-electron chi connectivity index (χ3n) is 4.02. The van der Waals surface area contributed by atoms with Gasteiger partial charge in [0.1, 0.15) is 6.26 Å². The van der Waals surface area contributed by atoms with E-state index in [1.807, 2.05) is 13.8 Å². The minimum absolute atomic E-state index is 0.178. The number of hydrogen-bond acceptors (Lipinski definition) is 4. The Balaban J connectivity index is 2.44. The first-order valence-electron chi connectivity index (χ1n) is 7.76. The van der Waals surface area contributed by atoms with Gasteiger partial charge in [0.2, 0.25) is 10.0 Å². The fourth-order valence-corrected chi connectivity index (χ4v) is 3.98. The highest BCUT2D eigenvalue weighted by atomic mass is 32.2. The quantitative estimate of drug-likeness (QED) is 0.868. The fourth-order valence-electron chi connectivity index (χ4n) is 2.41. The molecule has 0 spiro atoms. The summed E-state index contributed by atoms with van der Waals surface area (Å²) in [5.41, 5.74) is 2.48. The van der Waals surface area contributed by atoms with Crippen LogP contribution in [0.5, 0.6) is 0 Å². The lowest BCUT2D eigenvalue weighted by molar-refractivity contribution is 0.102. The Morgan fingerprint density at radius 2 is 1.88 bits per heavy atom. The Bertz CT molecular complexity index is 823. The molecule has 0 aliphatic rings. The normalized spacial score (nSPS) is 11.7. The molecule has 1 aromatic heterocycles. The molecule has 0 atom stereocenters. The molecule has 0 aliphatic heterocycles. The molecular weight excluding hydrogens is 328 g/mol. The monoisotopic (exact) mass is 350 g/mol. The fraction of sp³-hybridized carbons (Fsp3) is 0.353. The van der Waals surface area contributed by atoms with Gasteiger partial charge in [0.15, 0.2) is 0 Å². The van der Waals surface area contributed by atoms with Crippen LogP contribution in [0.3, 0.4) is 0 Å². The van der Waals surface area contributed by atoms with Crippen molar-refractivity contribution in [2.75, 3.05) is 18.4 Å². The molecule has 7 heteroatoms. The van der Waals surface area contributed by atoms with E-state index in [1.54, 1.807) is 26.0 Å². The van der Waals surface area contributed by atoms with Gasteiger partial charge in [0, 0.05) is 18.8 Å². The molecule has 0 saturated carbocycles. The standard InChI is InChI=1S/C17H22N2O4S/c1-5-19(6-2)24(21,22)15-9-12(3)13(4)16(10-15)18-17(20)14-7-8-23-11-14/h7-11H,5-6H2,1-4H3,(H,18,20). The molecule has 0 aliphatic carbocycles. The van der Waals surface area contributed by atoms with Crippen molar-refractivity contribution < 1.29 is 17.6 Å². The molecule has 2 aromatic rings. The molecule has 0 saturated heterocycles. The van der Waals surface area contributed by atoms with E-state index in [0.29, 0.717) is 24.3 Å². The summed E-state index contributed by atoms with van der Waals surface area (Å²) in [4.78, 5) is 12.4. The zero-order chi connectivity index (χ0) is 17.9. The van der Waals surface area contributed by atoms with Gasteiger partial charge in [-0.3, -0.25) is 4.79 Å². The van der Waals surface area contributed by atoms with Crippen LogP contribution in [0, 0.1) is 13.8 Å². The molecule has 6 nitrogen and oxygen atoms in total. The number of furan rings is 1. The van der Waals surface area contributed by atoms with Crippen LogP contribution in [0.2, 0.25) is 0 Å². The van der Waals surface area contributed by atoms with E-state index in [1.165, 1.54) is 22.9 Å². The van der Waals surface area contributed by atoms with E-state index in [4.69, 9.17) is 4.42 Å². The molecule has 2 rings (SSSR count). The number of hydrogen-bond donors (Lipinski definition) is 1. The summed E-state index contributed by atoms with van der Waals surface area (Å²) in [5.74, 6) is -0.344. The highest BCUT2D eigenvalue weighted by Crippen LogP contribution is 2.26. The third kappa shape index (κ3) is 3.52. The van der Waals surface area contributed by atoms with E-state index in [-0.39, 0.29) is 10.8 Å². The largest absolute Gasteiger partial charge is 0.472 e. The average molecular weight is 350 g/mol. The number of rotatable bonds is 6. The van der Waals surface area contributed by atoms with Gasteiger partial charge in [-0.2, -0.15) is 4.31 Å². The van der Waals surface area contributed by atoms with Crippen LogP contribution in [0.1, 0.15) is 35.3 Å². The highest BCUT2D eigenvalue weighted by Gasteiger charge is 2.23. The van der Waals surface area contributed by atoms with Gasteiger partial charge in [-0.05, 0) is 43.2 Å². The maximum atomic E-state index is 12.7. The number of nitrogens with one attached hydrogen (secondary N) is 1. The minimum atomic E-state index is -3.59. The van der Waals surface area contributed by atoms with Gasteiger partial charge in [-0.25, -0.2) is 8.42 Å². The lowest BCUT2D eigenvalue weighted by atomic mass is 10.1. The Labute approximate surface area is 142 Å². The Morgan fingerprint density at radius 1 is 1.21 bits per heavy atom. The molecule has 1 amide bonds. The Morgan fingerprint density at radius 3 is 2.42 bits per heavy atom. The molecule has 24 heavy (non-hydrogen) atoms. The van der Waals surface area contributed by atoms with Crippen LogP contribution >= 0.6 is 0 Å². The predicted octanol–water partition coefficient (Wildman–Crippen LogP) is 3.18. The smallest absolute Gasteiger partial charge is 0.258 e. The third-order valence-corrected chi connectivity index (χ3v) is 6.04. The summed E-state index contributed by atoms with van der Waals surface area (Å²) in [6, 6.07) is 4.69. The first-order valence-corrected chi connectivity index (χ1v) is 9.20. The number of carbonyl (C=O) groups is 1. The Kier molecular flexibility index (Phi) is 5.46. The number of carbonyl (C=O) groups excluding carboxylic acids is 1. The van der Waals surface area contributed by atoms with Crippen molar-refractivity contribution in [3.8, 4) is 0 Å². The summed E-state index contributed by atoms with van der Waals surface area (Å²) >= 11 is 0. The first-order chi connectivity index (χ1) is 11.3. The van der Waals surface area contributed by atoms with Crippen molar-refractivity contribution in [3.63, 3.8) is 0 Å². The average Bonchev–Trinajstić information content (AvgIpc) is 3.06. The minimum Gasteiger partial charge on any atom is -0.472 e. The maximum Gasteiger partial charge on any atom is 0.258 e. The van der Waals surface area contributed by atoms with E-state index in [2.05, 4.69) is 5.32 Å². The summed E-state index contributed by atoms with van der Waals surface area (Å²) in [6.45, 7) is 8.04. The Hall–Kier alpha value is -2.12. The molecule has 0 radical (unpaired) electrons. The summed E-state index contributed by atoms with van der Waals surface area (Å²) in [7, 11) is -3.59. The van der Waals surface area contributed by atoms with E-state index >= 15 is 0 Å². The van der Waals surface area contributed by atoms with Gasteiger partial charge in [0.25, 0.3) is 5.91 Å². The van der Waals surface area contributed by atoms with Crippen molar-refractivity contribution in [1.29, 1.82) is 0 Å². The summed E-state index contributed by atoms with van der Waals surface area (Å²) in [5, 5.41) is 2.76. The van der Waals surface area contributed by atoms with Crippen LogP contribution in [-0.2, 0) is 10.0 Å². The first kappa shape index (κ1) is 18.2. The number of anilines is 1. The molecule has 1 N–H and O–H groups in total. The van der Waals surface area contributed by atoms with Crippen molar-refractivity contribution in [1.82, 2.24) is 4.31 Å². The van der Waals surface area contributed by atoms with Crippen LogP contribution in [0.25, 0.3) is 0 Å². The molecule has 0 unspecified atom stereocenters. The van der Waals surface area contributed by atoms with E-state index < -0.39 is 10.0 Å². The zero-order valence-corrected chi connectivity index (χ0v) is 15.1. The van der Waals surface area contributed by atoms with Crippen molar-refractivity contribution in [3.05, 3.63) is 47.4 Å². The number of amides is 1. The lowest BCUT2D eigenvalue weighted by Crippen LogP contribution is -2.30. The van der Waals surface area contributed by atoms with Crippen molar-refractivity contribution in [2.24, 2.45) is 0 Å². The summed E-state index contributed by atoms with van der Waals surface area (Å²) in [6.07, 6.45) is 2.75. The van der Waals surface area contributed by atoms with Gasteiger partial charge in [0.05, 0.1) is 16.7 Å². The zero-order valence-electron chi connectivity index (χ0n) is 14.3. The molecule has 130 valence electrons. The van der Waals surface area contributed by atoms with Gasteiger partial charge >= 0.3 is 0 Å². The number of sulfonamides is 1. The number of benzene rings is 1. The second kappa shape index (κ2) is 7.19. The summed E-state index contributed by atoms with van der Waals surface area (Å²) < 4.78 is 31.7.